The molecule has 1 aromatic heterocycles. The molecule has 1 aliphatic rings. The molecule has 0 saturated carbocycles. The molecule has 0 saturated heterocycles. The minimum atomic E-state index is 0.192. The Morgan fingerprint density at radius 3 is 2.76 bits per heavy atom. The number of aromatic nitrogens is 3. The van der Waals surface area contributed by atoms with Crippen molar-refractivity contribution >= 4 is 17.5 Å². The van der Waals surface area contributed by atoms with E-state index in [1.54, 1.807) is 11.8 Å². The number of benzene rings is 2. The number of thioether (sulfide) groups is 1. The Labute approximate surface area is 149 Å². The van der Waals surface area contributed by atoms with Gasteiger partial charge in [0.05, 0.1) is 11.4 Å². The van der Waals surface area contributed by atoms with Crippen LogP contribution in [0.2, 0.25) is 0 Å². The smallest absolute Gasteiger partial charge is 0.165 e. The quantitative estimate of drug-likeness (QED) is 0.578. The topological polar surface area (TPSA) is 78.3 Å². The molecule has 0 fully saturated rings. The molecule has 0 atom stereocenters. The second-order valence-electron chi connectivity index (χ2n) is 5.59. The van der Waals surface area contributed by atoms with Crippen LogP contribution < -0.4 is 5.90 Å². The zero-order valence-corrected chi connectivity index (χ0v) is 14.5. The van der Waals surface area contributed by atoms with Gasteiger partial charge in [0.1, 0.15) is 13.2 Å². The van der Waals surface area contributed by atoms with E-state index in [9.17, 15) is 0 Å². The van der Waals surface area contributed by atoms with Crippen molar-refractivity contribution in [3.63, 3.8) is 0 Å². The Hall–Kier alpha value is -2.48. The molecule has 7 heteroatoms. The molecule has 2 N–H and O–H groups in total. The highest BCUT2D eigenvalue weighted by Gasteiger charge is 2.23. The highest BCUT2D eigenvalue weighted by molar-refractivity contribution is 7.98. The van der Waals surface area contributed by atoms with Gasteiger partial charge in [0, 0.05) is 16.0 Å². The fraction of sp³-hybridized carbons (Fsp3) is 0.167. The van der Waals surface area contributed by atoms with E-state index in [2.05, 4.69) is 46.8 Å². The molecule has 4 rings (SSSR count). The van der Waals surface area contributed by atoms with Gasteiger partial charge < -0.3 is 0 Å². The molecule has 0 amide bonds. The van der Waals surface area contributed by atoms with Crippen LogP contribution in [-0.4, -0.2) is 26.7 Å². The first kappa shape index (κ1) is 16.0. The van der Waals surface area contributed by atoms with Gasteiger partial charge in [-0.05, 0) is 24.5 Å². The van der Waals surface area contributed by atoms with Gasteiger partial charge >= 0.3 is 0 Å². The Morgan fingerprint density at radius 1 is 1.16 bits per heavy atom. The molecule has 2 heterocycles. The summed E-state index contributed by atoms with van der Waals surface area (Å²) < 4.78 is 1.99. The van der Waals surface area contributed by atoms with Gasteiger partial charge in [-0.15, -0.1) is 22.0 Å². The van der Waals surface area contributed by atoms with Crippen molar-refractivity contribution in [3.8, 4) is 5.69 Å². The first-order valence-electron chi connectivity index (χ1n) is 7.85. The summed E-state index contributed by atoms with van der Waals surface area (Å²) in [5, 5.41) is 8.47. The summed E-state index contributed by atoms with van der Waals surface area (Å²) in [4.78, 5) is 10.8. The van der Waals surface area contributed by atoms with E-state index >= 15 is 0 Å². The normalized spacial score (nSPS) is 13.0. The molecule has 2 aromatic carbocycles. The predicted molar refractivity (Wildman–Crippen MR) is 97.9 cm³/mol. The molecule has 0 spiro atoms. The summed E-state index contributed by atoms with van der Waals surface area (Å²) in [6.07, 6.45) is 2.07. The van der Waals surface area contributed by atoms with Crippen LogP contribution in [0.1, 0.15) is 22.8 Å². The molecule has 126 valence electrons. The Balaban J connectivity index is 1.96. The molecule has 0 bridgehead atoms. The summed E-state index contributed by atoms with van der Waals surface area (Å²) in [6.45, 7) is 0.641. The fourth-order valence-electron chi connectivity index (χ4n) is 3.01. The standard InChI is InChI=1S/C18H17N5OS/c1-25-13-7-8-15-14(9-13)18(12-5-3-2-4-6-12)20-10-16-21-22-17(11-24-19)23(15)16/h2-9H,10-11,19H2,1H3. The summed E-state index contributed by atoms with van der Waals surface area (Å²) in [7, 11) is 0. The van der Waals surface area contributed by atoms with Gasteiger partial charge in [-0.3, -0.25) is 14.4 Å². The molecule has 6 nitrogen and oxygen atoms in total. The average Bonchev–Trinajstić information content (AvgIpc) is 2.97. The second kappa shape index (κ2) is 6.79. The first-order chi connectivity index (χ1) is 12.3. The predicted octanol–water partition coefficient (Wildman–Crippen LogP) is 2.73. The summed E-state index contributed by atoms with van der Waals surface area (Å²) >= 11 is 1.70. The lowest BCUT2D eigenvalue weighted by Crippen LogP contribution is -2.11. The van der Waals surface area contributed by atoms with Crippen molar-refractivity contribution in [2.45, 2.75) is 18.0 Å². The lowest BCUT2D eigenvalue weighted by molar-refractivity contribution is 0.117. The van der Waals surface area contributed by atoms with Gasteiger partial charge in [-0.1, -0.05) is 30.3 Å². The molecule has 3 aromatic rings. The second-order valence-corrected chi connectivity index (χ2v) is 6.47. The van der Waals surface area contributed by atoms with Crippen LogP contribution in [0, 0.1) is 0 Å². The molecule has 0 aliphatic carbocycles. The Morgan fingerprint density at radius 2 is 2.00 bits per heavy atom. The largest absolute Gasteiger partial charge is 0.296 e. The van der Waals surface area contributed by atoms with Crippen LogP contribution in [0.25, 0.3) is 5.69 Å². The van der Waals surface area contributed by atoms with Crippen LogP contribution in [-0.2, 0) is 18.0 Å². The molecule has 0 unspecified atom stereocenters. The van der Waals surface area contributed by atoms with Crippen molar-refractivity contribution in [1.82, 2.24) is 14.8 Å². The van der Waals surface area contributed by atoms with Gasteiger partial charge in [-0.25, -0.2) is 5.90 Å². The van der Waals surface area contributed by atoms with Crippen LogP contribution in [0.15, 0.2) is 58.4 Å². The summed E-state index contributed by atoms with van der Waals surface area (Å²) in [5.41, 5.74) is 4.08. The van der Waals surface area contributed by atoms with Gasteiger partial charge in [0.2, 0.25) is 0 Å². The molecule has 25 heavy (non-hydrogen) atoms. The van der Waals surface area contributed by atoms with Crippen LogP contribution in [0.5, 0.6) is 0 Å². The SMILES string of the molecule is CSc1ccc2c(c1)C(c1ccccc1)=NCc1nnc(CON)n1-2. The maximum Gasteiger partial charge on any atom is 0.165 e. The lowest BCUT2D eigenvalue weighted by Gasteiger charge is -2.14. The van der Waals surface area contributed by atoms with Crippen molar-refractivity contribution < 1.29 is 4.84 Å². The van der Waals surface area contributed by atoms with E-state index in [1.165, 1.54) is 4.90 Å². The Bertz CT molecular complexity index is 936. The fourth-order valence-corrected chi connectivity index (χ4v) is 3.45. The zero-order chi connectivity index (χ0) is 17.2. The van der Waals surface area contributed by atoms with Crippen molar-refractivity contribution in [1.29, 1.82) is 0 Å². The number of hydrogen-bond acceptors (Lipinski definition) is 6. The van der Waals surface area contributed by atoms with Crippen molar-refractivity contribution in [3.05, 3.63) is 71.3 Å². The third-order valence-electron chi connectivity index (χ3n) is 4.14. The highest BCUT2D eigenvalue weighted by Crippen LogP contribution is 2.29. The first-order valence-corrected chi connectivity index (χ1v) is 9.08. The molecular formula is C18H17N5OS. The van der Waals surface area contributed by atoms with Crippen molar-refractivity contribution in [2.75, 3.05) is 6.26 Å². The number of fused-ring (bicyclic) bond motifs is 3. The maximum absolute atomic E-state index is 5.26. The number of nitrogens with zero attached hydrogens (tertiary/aromatic N) is 4. The summed E-state index contributed by atoms with van der Waals surface area (Å²) in [5.74, 6) is 6.70. The van der Waals surface area contributed by atoms with E-state index in [-0.39, 0.29) is 6.61 Å². The van der Waals surface area contributed by atoms with Crippen LogP contribution in [0.4, 0.5) is 0 Å². The minimum absolute atomic E-state index is 0.192. The maximum atomic E-state index is 5.26. The number of hydrogen-bond donors (Lipinski definition) is 1. The van der Waals surface area contributed by atoms with Crippen LogP contribution >= 0.6 is 11.8 Å². The lowest BCUT2D eigenvalue weighted by atomic mass is 10.0. The molecule has 1 aliphatic heterocycles. The van der Waals surface area contributed by atoms with E-state index < -0.39 is 0 Å². The number of aliphatic imine (C=N–C) groups is 1. The molecule has 0 radical (unpaired) electrons. The number of rotatable bonds is 4. The van der Waals surface area contributed by atoms with Crippen molar-refractivity contribution in [2.24, 2.45) is 10.9 Å². The third-order valence-corrected chi connectivity index (χ3v) is 4.86. The van der Waals surface area contributed by atoms with Gasteiger partial charge in [0.25, 0.3) is 0 Å². The summed E-state index contributed by atoms with van der Waals surface area (Å²) in [6, 6.07) is 16.5. The zero-order valence-electron chi connectivity index (χ0n) is 13.7. The van der Waals surface area contributed by atoms with Crippen LogP contribution in [0.3, 0.4) is 0 Å². The van der Waals surface area contributed by atoms with E-state index in [0.29, 0.717) is 12.4 Å². The van der Waals surface area contributed by atoms with E-state index in [0.717, 1.165) is 28.4 Å². The average molecular weight is 351 g/mol. The highest BCUT2D eigenvalue weighted by atomic mass is 32.2. The van der Waals surface area contributed by atoms with E-state index in [1.807, 2.05) is 22.8 Å². The third kappa shape index (κ3) is 2.86. The minimum Gasteiger partial charge on any atom is -0.296 e. The van der Waals surface area contributed by atoms with E-state index in [4.69, 9.17) is 15.7 Å². The monoisotopic (exact) mass is 351 g/mol. The Kier molecular flexibility index (Phi) is 4.35. The number of nitrogens with two attached hydrogens (primary N) is 1. The van der Waals surface area contributed by atoms with Gasteiger partial charge in [-0.2, -0.15) is 0 Å². The molecular weight excluding hydrogens is 334 g/mol. The van der Waals surface area contributed by atoms with Gasteiger partial charge in [0.15, 0.2) is 11.6 Å².